The number of hydrogen-bond acceptors (Lipinski definition) is 2. The Morgan fingerprint density at radius 3 is 2.60 bits per heavy atom. The molecule has 2 heterocycles. The van der Waals surface area contributed by atoms with Gasteiger partial charge in [-0.3, -0.25) is 4.98 Å². The smallest absolute Gasteiger partial charge is 0.143 e. The number of hydrogen-bond donors (Lipinski definition) is 0. The van der Waals surface area contributed by atoms with Crippen LogP contribution in [-0.4, -0.2) is 4.98 Å². The van der Waals surface area contributed by atoms with Gasteiger partial charge in [0.25, 0.3) is 0 Å². The van der Waals surface area contributed by atoms with E-state index in [9.17, 15) is 0 Å². The van der Waals surface area contributed by atoms with Gasteiger partial charge in [0, 0.05) is 38.0 Å². The maximum Gasteiger partial charge on any atom is 0.143 e. The predicted molar refractivity (Wildman–Crippen MR) is 151 cm³/mol. The molecule has 0 amide bonds. The predicted octanol–water partition coefficient (Wildman–Crippen LogP) is 9.49. The van der Waals surface area contributed by atoms with Crippen molar-refractivity contribution in [3.8, 4) is 11.1 Å². The SMILES string of the molecule is C=CC=C(c1ccc2oc3c(-c4ccc(Br)cc4)cccc3c2c1)c1c(C)ccc2cccnc12. The summed E-state index contributed by atoms with van der Waals surface area (Å²) < 4.78 is 7.46. The van der Waals surface area contributed by atoms with E-state index in [0.717, 1.165) is 65.1 Å². The van der Waals surface area contributed by atoms with Crippen molar-refractivity contribution < 1.29 is 4.42 Å². The molecular weight excluding hydrogens is 494 g/mol. The van der Waals surface area contributed by atoms with Gasteiger partial charge in [-0.1, -0.05) is 89.3 Å². The molecule has 0 fully saturated rings. The number of nitrogens with zero attached hydrogens (tertiary/aromatic N) is 1. The van der Waals surface area contributed by atoms with E-state index < -0.39 is 0 Å². The highest BCUT2D eigenvalue weighted by molar-refractivity contribution is 9.10. The van der Waals surface area contributed by atoms with Crippen LogP contribution >= 0.6 is 15.9 Å². The number of allylic oxidation sites excluding steroid dienone is 2. The van der Waals surface area contributed by atoms with Crippen molar-refractivity contribution in [1.82, 2.24) is 4.98 Å². The summed E-state index contributed by atoms with van der Waals surface area (Å²) in [5.41, 5.74) is 9.50. The van der Waals surface area contributed by atoms with Crippen LogP contribution in [0, 0.1) is 6.92 Å². The minimum atomic E-state index is 0.874. The first-order chi connectivity index (χ1) is 17.1. The fourth-order valence-corrected chi connectivity index (χ4v) is 5.11. The molecule has 3 heteroatoms. The summed E-state index contributed by atoms with van der Waals surface area (Å²) in [6.07, 6.45) is 5.78. The molecule has 0 N–H and O–H groups in total. The second kappa shape index (κ2) is 8.68. The van der Waals surface area contributed by atoms with Crippen molar-refractivity contribution in [2.45, 2.75) is 6.92 Å². The summed E-state index contributed by atoms with van der Waals surface area (Å²) in [6, 6.07) is 29.5. The first kappa shape index (κ1) is 21.6. The molecule has 0 saturated carbocycles. The van der Waals surface area contributed by atoms with Gasteiger partial charge in [-0.15, -0.1) is 0 Å². The largest absolute Gasteiger partial charge is 0.455 e. The fraction of sp³-hybridized carbons (Fsp3) is 0.0312. The van der Waals surface area contributed by atoms with Crippen LogP contribution in [0.25, 0.3) is 49.5 Å². The molecule has 2 nitrogen and oxygen atoms in total. The number of pyridine rings is 1. The Hall–Kier alpha value is -3.95. The van der Waals surface area contributed by atoms with Crippen molar-refractivity contribution in [3.63, 3.8) is 0 Å². The Bertz CT molecular complexity index is 1770. The molecule has 0 saturated heterocycles. The molecule has 4 aromatic carbocycles. The molecule has 6 rings (SSSR count). The van der Waals surface area contributed by atoms with Crippen molar-refractivity contribution in [3.05, 3.63) is 131 Å². The Balaban J connectivity index is 1.58. The molecule has 0 bridgehead atoms. The number of fused-ring (bicyclic) bond motifs is 4. The number of benzene rings is 4. The lowest BCUT2D eigenvalue weighted by Crippen LogP contribution is -1.95. The fourth-order valence-electron chi connectivity index (χ4n) is 4.85. The van der Waals surface area contributed by atoms with E-state index in [1.807, 2.05) is 18.3 Å². The maximum atomic E-state index is 6.40. The molecule has 0 aliphatic rings. The minimum Gasteiger partial charge on any atom is -0.455 e. The Morgan fingerprint density at radius 1 is 0.914 bits per heavy atom. The Kier molecular flexibility index (Phi) is 5.35. The molecule has 6 aromatic rings. The van der Waals surface area contributed by atoms with Crippen LogP contribution in [0.5, 0.6) is 0 Å². The van der Waals surface area contributed by atoms with Crippen molar-refractivity contribution in [1.29, 1.82) is 0 Å². The number of para-hydroxylation sites is 1. The van der Waals surface area contributed by atoms with Crippen LogP contribution in [0.4, 0.5) is 0 Å². The van der Waals surface area contributed by atoms with Gasteiger partial charge in [0.1, 0.15) is 11.2 Å². The number of rotatable bonds is 4. The zero-order chi connectivity index (χ0) is 23.9. The van der Waals surface area contributed by atoms with Gasteiger partial charge in [0.05, 0.1) is 5.52 Å². The topological polar surface area (TPSA) is 26.0 Å². The molecule has 168 valence electrons. The van der Waals surface area contributed by atoms with Crippen molar-refractivity contribution >= 4 is 54.3 Å². The van der Waals surface area contributed by atoms with E-state index in [-0.39, 0.29) is 0 Å². The lowest BCUT2D eigenvalue weighted by atomic mass is 9.91. The molecule has 0 radical (unpaired) electrons. The van der Waals surface area contributed by atoms with Gasteiger partial charge < -0.3 is 4.42 Å². The summed E-state index contributed by atoms with van der Waals surface area (Å²) in [4.78, 5) is 4.73. The number of halogens is 1. The van der Waals surface area contributed by atoms with E-state index in [1.165, 1.54) is 5.56 Å². The highest BCUT2D eigenvalue weighted by Crippen LogP contribution is 2.39. The average Bonchev–Trinajstić information content (AvgIpc) is 3.26. The van der Waals surface area contributed by atoms with Gasteiger partial charge in [-0.25, -0.2) is 0 Å². The van der Waals surface area contributed by atoms with Gasteiger partial charge in [0.2, 0.25) is 0 Å². The van der Waals surface area contributed by atoms with Crippen molar-refractivity contribution in [2.75, 3.05) is 0 Å². The van der Waals surface area contributed by atoms with Crippen LogP contribution < -0.4 is 0 Å². The summed E-state index contributed by atoms with van der Waals surface area (Å²) in [7, 11) is 0. The summed E-state index contributed by atoms with van der Waals surface area (Å²) in [5.74, 6) is 0. The van der Waals surface area contributed by atoms with E-state index in [0.29, 0.717) is 0 Å². The molecule has 0 spiro atoms. The third-order valence-corrected chi connectivity index (χ3v) is 7.03. The van der Waals surface area contributed by atoms with E-state index >= 15 is 0 Å². The Morgan fingerprint density at radius 2 is 1.77 bits per heavy atom. The van der Waals surface area contributed by atoms with Gasteiger partial charge >= 0.3 is 0 Å². The number of furan rings is 1. The molecule has 0 aliphatic carbocycles. The molecule has 2 aromatic heterocycles. The molecular formula is C32H22BrNO. The van der Waals surface area contributed by atoms with Crippen molar-refractivity contribution in [2.24, 2.45) is 0 Å². The van der Waals surface area contributed by atoms with Gasteiger partial charge in [-0.2, -0.15) is 0 Å². The monoisotopic (exact) mass is 515 g/mol. The molecule has 35 heavy (non-hydrogen) atoms. The minimum absolute atomic E-state index is 0.874. The summed E-state index contributed by atoms with van der Waals surface area (Å²) in [5, 5.41) is 3.32. The molecule has 0 atom stereocenters. The highest BCUT2D eigenvalue weighted by Gasteiger charge is 2.16. The average molecular weight is 516 g/mol. The second-order valence-electron chi connectivity index (χ2n) is 8.65. The maximum absolute atomic E-state index is 6.40. The van der Waals surface area contributed by atoms with E-state index in [2.05, 4.69) is 114 Å². The zero-order valence-corrected chi connectivity index (χ0v) is 20.8. The standard InChI is InChI=1S/C32H22BrNO/c1-3-6-25(30-20(2)10-11-22-7-5-18-34-31(22)30)23-14-17-29-28(19-23)27-9-4-8-26(32(27)35-29)21-12-15-24(33)16-13-21/h3-19H,1H2,2H3. The quantitative estimate of drug-likeness (QED) is 0.218. The first-order valence-electron chi connectivity index (χ1n) is 11.5. The summed E-state index contributed by atoms with van der Waals surface area (Å²) >= 11 is 3.53. The molecule has 0 unspecified atom stereocenters. The number of aromatic nitrogens is 1. The summed E-state index contributed by atoms with van der Waals surface area (Å²) in [6.45, 7) is 6.13. The number of aryl methyl sites for hydroxylation is 1. The third kappa shape index (κ3) is 3.69. The van der Waals surface area contributed by atoms with E-state index in [4.69, 9.17) is 9.40 Å². The van der Waals surface area contributed by atoms with Crippen LogP contribution in [0.2, 0.25) is 0 Å². The van der Waals surface area contributed by atoms with Crippen LogP contribution in [-0.2, 0) is 0 Å². The van der Waals surface area contributed by atoms with Gasteiger partial charge in [-0.05, 0) is 59.5 Å². The van der Waals surface area contributed by atoms with Gasteiger partial charge in [0.15, 0.2) is 0 Å². The lowest BCUT2D eigenvalue weighted by molar-refractivity contribution is 0.670. The van der Waals surface area contributed by atoms with Crippen LogP contribution in [0.15, 0.2) is 119 Å². The Labute approximate surface area is 212 Å². The van der Waals surface area contributed by atoms with E-state index in [1.54, 1.807) is 0 Å². The van der Waals surface area contributed by atoms with Crippen LogP contribution in [0.3, 0.4) is 0 Å². The second-order valence-corrected chi connectivity index (χ2v) is 9.57. The normalized spacial score (nSPS) is 12.0. The molecule has 0 aliphatic heterocycles. The lowest BCUT2D eigenvalue weighted by Gasteiger charge is -2.14. The third-order valence-electron chi connectivity index (χ3n) is 6.50. The first-order valence-corrected chi connectivity index (χ1v) is 12.3. The highest BCUT2D eigenvalue weighted by atomic mass is 79.9. The van der Waals surface area contributed by atoms with Crippen LogP contribution in [0.1, 0.15) is 16.7 Å². The zero-order valence-electron chi connectivity index (χ0n) is 19.3.